The van der Waals surface area contributed by atoms with Gasteiger partial charge in [0.2, 0.25) is 5.91 Å². The van der Waals surface area contributed by atoms with E-state index in [1.54, 1.807) is 6.20 Å². The molecule has 1 atom stereocenters. The van der Waals surface area contributed by atoms with Crippen molar-refractivity contribution in [2.75, 3.05) is 5.32 Å². The first kappa shape index (κ1) is 14.3. The molecule has 0 radical (unpaired) electrons. The fourth-order valence-electron chi connectivity index (χ4n) is 2.53. The van der Waals surface area contributed by atoms with Crippen LogP contribution in [-0.2, 0) is 4.79 Å². The number of aromatic nitrogens is 1. The Kier molecular flexibility index (Phi) is 4.15. The summed E-state index contributed by atoms with van der Waals surface area (Å²) in [6, 6.07) is 19.9. The van der Waals surface area contributed by atoms with E-state index in [1.165, 1.54) is 5.56 Å². The van der Waals surface area contributed by atoms with Crippen molar-refractivity contribution in [3.63, 3.8) is 0 Å². The highest BCUT2D eigenvalue weighted by Crippen LogP contribution is 2.20. The number of carbonyl (C=O) groups is 1. The number of fused-ring (bicyclic) bond motifs is 1. The number of hydrogen-bond donors (Lipinski definition) is 1. The predicted molar refractivity (Wildman–Crippen MR) is 89.8 cm³/mol. The molecule has 3 aromatic rings. The van der Waals surface area contributed by atoms with Crippen molar-refractivity contribution in [2.24, 2.45) is 0 Å². The molecular formula is C19H18N2O. The highest BCUT2D eigenvalue weighted by Gasteiger charge is 2.11. The standard InChI is InChI=1S/C19H18N2O/c1-14(15-7-3-2-4-8-15)11-19(22)21-17-12-16-9-5-6-10-18(16)20-13-17/h2-10,12-14H,11H2,1H3,(H,21,22)/t14-/m1/s1. The first-order chi connectivity index (χ1) is 10.7. The van der Waals surface area contributed by atoms with E-state index in [4.69, 9.17) is 0 Å². The van der Waals surface area contributed by atoms with Crippen molar-refractivity contribution in [3.05, 3.63) is 72.4 Å². The quantitative estimate of drug-likeness (QED) is 0.775. The van der Waals surface area contributed by atoms with Gasteiger partial charge in [-0.3, -0.25) is 9.78 Å². The number of rotatable bonds is 4. The average molecular weight is 290 g/mol. The lowest BCUT2D eigenvalue weighted by Crippen LogP contribution is -2.14. The lowest BCUT2D eigenvalue weighted by atomic mass is 9.97. The van der Waals surface area contributed by atoms with Crippen molar-refractivity contribution in [1.82, 2.24) is 4.98 Å². The second-order valence-electron chi connectivity index (χ2n) is 5.48. The van der Waals surface area contributed by atoms with Gasteiger partial charge in [-0.15, -0.1) is 0 Å². The molecule has 1 heterocycles. The number of nitrogens with zero attached hydrogens (tertiary/aromatic N) is 1. The third kappa shape index (κ3) is 3.31. The number of amides is 1. The zero-order valence-corrected chi connectivity index (χ0v) is 12.5. The van der Waals surface area contributed by atoms with E-state index in [1.807, 2.05) is 48.5 Å². The number of hydrogen-bond acceptors (Lipinski definition) is 2. The normalized spacial score (nSPS) is 12.0. The molecule has 1 amide bonds. The summed E-state index contributed by atoms with van der Waals surface area (Å²) in [5.41, 5.74) is 2.84. The maximum atomic E-state index is 12.2. The van der Waals surface area contributed by atoms with Crippen LogP contribution in [0.1, 0.15) is 24.8 Å². The number of para-hydroxylation sites is 1. The van der Waals surface area contributed by atoms with Crippen LogP contribution in [0.25, 0.3) is 10.9 Å². The van der Waals surface area contributed by atoms with Crippen LogP contribution in [0.2, 0.25) is 0 Å². The summed E-state index contributed by atoms with van der Waals surface area (Å²) in [7, 11) is 0. The van der Waals surface area contributed by atoms with Gasteiger partial charge in [0, 0.05) is 11.8 Å². The van der Waals surface area contributed by atoms with Gasteiger partial charge in [-0.25, -0.2) is 0 Å². The largest absolute Gasteiger partial charge is 0.325 e. The van der Waals surface area contributed by atoms with Gasteiger partial charge in [-0.2, -0.15) is 0 Å². The van der Waals surface area contributed by atoms with Crippen LogP contribution >= 0.6 is 0 Å². The Morgan fingerprint density at radius 1 is 1.09 bits per heavy atom. The average Bonchev–Trinajstić information content (AvgIpc) is 2.55. The topological polar surface area (TPSA) is 42.0 Å². The van der Waals surface area contributed by atoms with Gasteiger partial charge in [-0.05, 0) is 23.6 Å². The predicted octanol–water partition coefficient (Wildman–Crippen LogP) is 4.37. The van der Waals surface area contributed by atoms with E-state index in [0.29, 0.717) is 6.42 Å². The van der Waals surface area contributed by atoms with Gasteiger partial charge in [0.25, 0.3) is 0 Å². The van der Waals surface area contributed by atoms with Gasteiger partial charge in [0.1, 0.15) is 0 Å². The van der Waals surface area contributed by atoms with Gasteiger partial charge < -0.3 is 5.32 Å². The van der Waals surface area contributed by atoms with E-state index < -0.39 is 0 Å². The van der Waals surface area contributed by atoms with Gasteiger partial charge >= 0.3 is 0 Å². The lowest BCUT2D eigenvalue weighted by Gasteiger charge is -2.12. The van der Waals surface area contributed by atoms with Crippen molar-refractivity contribution in [2.45, 2.75) is 19.3 Å². The molecule has 1 aromatic heterocycles. The fourth-order valence-corrected chi connectivity index (χ4v) is 2.53. The third-order valence-corrected chi connectivity index (χ3v) is 3.73. The second-order valence-corrected chi connectivity index (χ2v) is 5.48. The van der Waals surface area contributed by atoms with Crippen LogP contribution < -0.4 is 5.32 Å². The number of carbonyl (C=O) groups excluding carboxylic acids is 1. The number of nitrogens with one attached hydrogen (secondary N) is 1. The highest BCUT2D eigenvalue weighted by atomic mass is 16.1. The summed E-state index contributed by atoms with van der Waals surface area (Å²) in [5.74, 6) is 0.197. The van der Waals surface area contributed by atoms with Crippen LogP contribution in [0.3, 0.4) is 0 Å². The van der Waals surface area contributed by atoms with Crippen LogP contribution in [0, 0.1) is 0 Å². The van der Waals surface area contributed by atoms with Crippen molar-refractivity contribution >= 4 is 22.5 Å². The maximum absolute atomic E-state index is 12.2. The molecule has 2 aromatic carbocycles. The van der Waals surface area contributed by atoms with Crippen molar-refractivity contribution in [1.29, 1.82) is 0 Å². The first-order valence-electron chi connectivity index (χ1n) is 7.42. The molecule has 0 aliphatic rings. The summed E-state index contributed by atoms with van der Waals surface area (Å²) in [6.45, 7) is 2.06. The van der Waals surface area contributed by atoms with Gasteiger partial charge in [0.05, 0.1) is 17.4 Å². The van der Waals surface area contributed by atoms with E-state index in [-0.39, 0.29) is 11.8 Å². The number of anilines is 1. The van der Waals surface area contributed by atoms with Crippen LogP contribution in [-0.4, -0.2) is 10.9 Å². The molecule has 0 saturated heterocycles. The van der Waals surface area contributed by atoms with Crippen molar-refractivity contribution in [3.8, 4) is 0 Å². The molecule has 0 aliphatic carbocycles. The molecule has 3 nitrogen and oxygen atoms in total. The number of pyridine rings is 1. The Bertz CT molecular complexity index is 784. The van der Waals surface area contributed by atoms with Crippen molar-refractivity contribution < 1.29 is 4.79 Å². The molecule has 1 N–H and O–H groups in total. The molecule has 22 heavy (non-hydrogen) atoms. The van der Waals surface area contributed by atoms with E-state index >= 15 is 0 Å². The summed E-state index contributed by atoms with van der Waals surface area (Å²) in [4.78, 5) is 16.6. The first-order valence-corrected chi connectivity index (χ1v) is 7.42. The minimum absolute atomic E-state index is 0.00781. The smallest absolute Gasteiger partial charge is 0.225 e. The monoisotopic (exact) mass is 290 g/mol. The molecule has 3 rings (SSSR count). The summed E-state index contributed by atoms with van der Waals surface area (Å²) in [5, 5.41) is 3.96. The second kappa shape index (κ2) is 6.39. The van der Waals surface area contributed by atoms with Gasteiger partial charge in [0.15, 0.2) is 0 Å². The summed E-state index contributed by atoms with van der Waals surface area (Å²) < 4.78 is 0. The molecule has 0 unspecified atom stereocenters. The maximum Gasteiger partial charge on any atom is 0.225 e. The molecule has 3 heteroatoms. The minimum Gasteiger partial charge on any atom is -0.325 e. The zero-order valence-electron chi connectivity index (χ0n) is 12.5. The fraction of sp³-hybridized carbons (Fsp3) is 0.158. The van der Waals surface area contributed by atoms with E-state index in [9.17, 15) is 4.79 Å². The van der Waals surface area contributed by atoms with E-state index in [2.05, 4.69) is 29.4 Å². The van der Waals surface area contributed by atoms with Crippen LogP contribution in [0.15, 0.2) is 66.9 Å². The van der Waals surface area contributed by atoms with Crippen LogP contribution in [0.5, 0.6) is 0 Å². The zero-order chi connectivity index (χ0) is 15.4. The molecule has 0 spiro atoms. The van der Waals surface area contributed by atoms with Crippen LogP contribution in [0.4, 0.5) is 5.69 Å². The Labute approximate surface area is 130 Å². The third-order valence-electron chi connectivity index (χ3n) is 3.73. The minimum atomic E-state index is 0.00781. The molecule has 0 fully saturated rings. The molecule has 0 aliphatic heterocycles. The Morgan fingerprint density at radius 3 is 2.64 bits per heavy atom. The van der Waals surface area contributed by atoms with E-state index in [0.717, 1.165) is 16.6 Å². The highest BCUT2D eigenvalue weighted by molar-refractivity contribution is 5.93. The summed E-state index contributed by atoms with van der Waals surface area (Å²) >= 11 is 0. The SMILES string of the molecule is C[C@H](CC(=O)Nc1cnc2ccccc2c1)c1ccccc1. The Hall–Kier alpha value is -2.68. The molecule has 0 saturated carbocycles. The number of benzene rings is 2. The molecule has 110 valence electrons. The van der Waals surface area contributed by atoms with Gasteiger partial charge in [-0.1, -0.05) is 55.5 Å². The lowest BCUT2D eigenvalue weighted by molar-refractivity contribution is -0.116. The Balaban J connectivity index is 1.68. The Morgan fingerprint density at radius 2 is 1.82 bits per heavy atom. The molecule has 0 bridgehead atoms. The molecular weight excluding hydrogens is 272 g/mol. The summed E-state index contributed by atoms with van der Waals surface area (Å²) in [6.07, 6.45) is 2.16.